The number of ether oxygens (including phenoxy) is 1. The molecule has 5 unspecified atom stereocenters. The van der Waals surface area contributed by atoms with E-state index in [4.69, 9.17) is 9.16 Å². The number of nitrogens with zero attached hydrogens (tertiary/aromatic N) is 1. The predicted octanol–water partition coefficient (Wildman–Crippen LogP) is 0.287. The zero-order valence-corrected chi connectivity index (χ0v) is 14.5. The maximum atomic E-state index is 12.1. The summed E-state index contributed by atoms with van der Waals surface area (Å²) in [6, 6.07) is 7.64. The van der Waals surface area contributed by atoms with Gasteiger partial charge in [-0.25, -0.2) is 4.79 Å². The molecule has 5 atom stereocenters. The van der Waals surface area contributed by atoms with Crippen LogP contribution in [0, 0.1) is 0 Å². The molecule has 1 aliphatic heterocycles. The highest BCUT2D eigenvalue weighted by Gasteiger charge is 2.53. The molecule has 1 fully saturated rings. The van der Waals surface area contributed by atoms with E-state index in [0.29, 0.717) is 0 Å². The third-order valence-corrected chi connectivity index (χ3v) is 4.60. The topological polar surface area (TPSA) is 76.1 Å². The van der Waals surface area contributed by atoms with Crippen molar-refractivity contribution in [3.8, 4) is 0 Å². The molecule has 1 N–H and O–H groups in total. The summed E-state index contributed by atoms with van der Waals surface area (Å²) in [5.74, 6) is -1.05. The molecule has 2 radical (unpaired) electrons. The number of benzene rings is 1. The lowest BCUT2D eigenvalue weighted by Gasteiger charge is -2.49. The lowest BCUT2D eigenvalue weighted by molar-refractivity contribution is -0.185. The van der Waals surface area contributed by atoms with Crippen LogP contribution in [-0.2, 0) is 18.8 Å². The van der Waals surface area contributed by atoms with Crippen molar-refractivity contribution in [1.82, 2.24) is 4.90 Å². The number of hydrogen-bond donors (Lipinski definition) is 1. The van der Waals surface area contributed by atoms with Crippen molar-refractivity contribution in [3.63, 3.8) is 0 Å². The fourth-order valence-corrected chi connectivity index (χ4v) is 3.61. The fourth-order valence-electron chi connectivity index (χ4n) is 2.62. The number of carbonyl (C=O) groups is 2. The molecule has 0 aliphatic carbocycles. The summed E-state index contributed by atoms with van der Waals surface area (Å²) in [6.07, 6.45) is -1.69. The van der Waals surface area contributed by atoms with Crippen molar-refractivity contribution in [2.75, 3.05) is 7.11 Å². The summed E-state index contributed by atoms with van der Waals surface area (Å²) in [7, 11) is 3.79. The number of β-lactam (4-membered cyclic amide) rings is 1. The number of aliphatic hydroxyl groups is 1. The summed E-state index contributed by atoms with van der Waals surface area (Å²) in [6.45, 7) is 1.71. The van der Waals surface area contributed by atoms with Crippen LogP contribution in [0.25, 0.3) is 0 Å². The molecular weight excluding hydrogens is 321 g/mol. The Hall–Kier alpha value is -1.27. The molecule has 1 aromatic rings. The van der Waals surface area contributed by atoms with Crippen LogP contribution in [0.3, 0.4) is 0 Å². The van der Waals surface area contributed by atoms with Crippen molar-refractivity contribution < 1.29 is 23.9 Å². The summed E-state index contributed by atoms with van der Waals surface area (Å²) < 4.78 is 10.3. The number of likely N-dealkylation sites (tertiary alicyclic amines) is 1. The number of aliphatic hydroxyl groups excluding tert-OH is 1. The van der Waals surface area contributed by atoms with Gasteiger partial charge in [-0.2, -0.15) is 0 Å². The Bertz CT molecular complexity index is 543. The van der Waals surface area contributed by atoms with Crippen molar-refractivity contribution in [2.45, 2.75) is 31.2 Å². The van der Waals surface area contributed by atoms with E-state index >= 15 is 0 Å². The van der Waals surface area contributed by atoms with Gasteiger partial charge in [0.1, 0.15) is 0 Å². The first-order chi connectivity index (χ1) is 10.5. The Balaban J connectivity index is 2.32. The first-order valence-electron chi connectivity index (χ1n) is 6.77. The number of hydrogen-bond acceptors (Lipinski definition) is 5. The summed E-state index contributed by atoms with van der Waals surface area (Å²) in [4.78, 5) is 25.6. The second kappa shape index (κ2) is 7.33. The maximum absolute atomic E-state index is 12.1. The highest BCUT2D eigenvalue weighted by Crippen LogP contribution is 2.38. The van der Waals surface area contributed by atoms with Gasteiger partial charge in [-0.15, -0.1) is 8.79 Å². The quantitative estimate of drug-likeness (QED) is 0.349. The van der Waals surface area contributed by atoms with Gasteiger partial charge in [-0.1, -0.05) is 30.3 Å². The Morgan fingerprint density at radius 1 is 1.41 bits per heavy atom. The molecule has 0 spiro atoms. The van der Waals surface area contributed by atoms with Crippen LogP contribution in [0.15, 0.2) is 30.3 Å². The number of methoxy groups -OCH3 is 1. The van der Waals surface area contributed by atoms with Gasteiger partial charge in [0, 0.05) is 0 Å². The molecule has 1 amide bonds. The van der Waals surface area contributed by atoms with Crippen LogP contribution >= 0.6 is 8.79 Å². The van der Waals surface area contributed by atoms with Gasteiger partial charge in [-0.3, -0.25) is 4.79 Å². The van der Waals surface area contributed by atoms with E-state index in [1.54, 1.807) is 6.92 Å². The van der Waals surface area contributed by atoms with E-state index in [0.717, 1.165) is 5.56 Å². The lowest BCUT2D eigenvalue weighted by atomic mass is 9.87. The molecular formula is C14H18NO5PSi. The molecule has 1 heterocycles. The number of amides is 1. The minimum absolute atomic E-state index is 0.0964. The monoisotopic (exact) mass is 339 g/mol. The lowest BCUT2D eigenvalue weighted by Crippen LogP contribution is -2.66. The van der Waals surface area contributed by atoms with E-state index in [1.165, 1.54) is 12.0 Å². The fraction of sp³-hybridized carbons (Fsp3) is 0.429. The second-order valence-corrected chi connectivity index (χ2v) is 6.13. The molecule has 1 aliphatic rings. The third kappa shape index (κ3) is 3.08. The Morgan fingerprint density at radius 2 is 2.05 bits per heavy atom. The predicted molar refractivity (Wildman–Crippen MR) is 83.9 cm³/mol. The van der Waals surface area contributed by atoms with Gasteiger partial charge in [0.2, 0.25) is 0 Å². The summed E-state index contributed by atoms with van der Waals surface area (Å²) in [5, 5.41) is 10.0. The van der Waals surface area contributed by atoms with Gasteiger partial charge in [0.25, 0.3) is 15.3 Å². The third-order valence-electron chi connectivity index (χ3n) is 3.69. The average molecular weight is 339 g/mol. The van der Waals surface area contributed by atoms with Gasteiger partial charge >= 0.3 is 5.97 Å². The minimum Gasteiger partial charge on any atom is -0.467 e. The Morgan fingerprint density at radius 3 is 2.59 bits per heavy atom. The normalized spacial score (nSPS) is 23.6. The highest BCUT2D eigenvalue weighted by molar-refractivity contribution is 7.54. The molecule has 2 rings (SSSR count). The van der Waals surface area contributed by atoms with Crippen molar-refractivity contribution in [3.05, 3.63) is 35.9 Å². The van der Waals surface area contributed by atoms with E-state index in [-0.39, 0.29) is 9.43 Å². The van der Waals surface area contributed by atoms with E-state index in [1.807, 2.05) is 30.3 Å². The second-order valence-electron chi connectivity index (χ2n) is 4.95. The van der Waals surface area contributed by atoms with Gasteiger partial charge in [0.15, 0.2) is 12.1 Å². The zero-order chi connectivity index (χ0) is 16.3. The molecule has 22 heavy (non-hydrogen) atoms. The number of carbonyl (C=O) groups excluding carboxylic acids is 2. The van der Waals surface area contributed by atoms with E-state index < -0.39 is 36.2 Å². The summed E-state index contributed by atoms with van der Waals surface area (Å²) in [5.41, 5.74) is 0.768. The van der Waals surface area contributed by atoms with Crippen molar-refractivity contribution in [2.24, 2.45) is 0 Å². The first kappa shape index (κ1) is 17.1. The zero-order valence-electron chi connectivity index (χ0n) is 12.3. The molecule has 6 nitrogen and oxygen atoms in total. The van der Waals surface area contributed by atoms with Crippen LogP contribution in [0.1, 0.15) is 18.5 Å². The van der Waals surface area contributed by atoms with Crippen LogP contribution in [0.5, 0.6) is 0 Å². The minimum atomic E-state index is -1.15. The van der Waals surface area contributed by atoms with Crippen molar-refractivity contribution in [1.29, 1.82) is 0 Å². The van der Waals surface area contributed by atoms with E-state index in [2.05, 4.69) is 8.79 Å². The van der Waals surface area contributed by atoms with Gasteiger partial charge in [0.05, 0.1) is 19.3 Å². The number of esters is 1. The molecule has 0 bridgehead atoms. The van der Waals surface area contributed by atoms with Gasteiger partial charge < -0.3 is 19.2 Å². The number of rotatable bonds is 6. The molecule has 8 heteroatoms. The van der Waals surface area contributed by atoms with Gasteiger partial charge in [-0.05, 0) is 12.5 Å². The highest BCUT2D eigenvalue weighted by atomic mass is 31.3. The van der Waals surface area contributed by atoms with Crippen LogP contribution in [0.2, 0.25) is 0 Å². The maximum Gasteiger partial charge on any atom is 0.331 e. The Kier molecular flexibility index (Phi) is 5.69. The molecule has 1 saturated heterocycles. The summed E-state index contributed by atoms with van der Waals surface area (Å²) >= 11 is 0. The van der Waals surface area contributed by atoms with Crippen LogP contribution < -0.4 is 0 Å². The molecule has 1 aromatic carbocycles. The van der Waals surface area contributed by atoms with E-state index in [9.17, 15) is 14.7 Å². The SMILES string of the molecule is COC(=O)C(C(C)O[Si]P)N1C(=O)C(O)C1c1ccccc1. The smallest absolute Gasteiger partial charge is 0.331 e. The molecule has 0 saturated carbocycles. The Labute approximate surface area is 133 Å². The van der Waals surface area contributed by atoms with Crippen molar-refractivity contribution >= 4 is 30.1 Å². The first-order valence-corrected chi connectivity index (χ1v) is 9.49. The molecule has 118 valence electrons. The standard InChI is InChI=1S/C14H18NO5PSi/c1-8(20-22-21)10(14(18)19-2)15-11(12(16)13(15)17)9-6-4-3-5-7-9/h3-8,10-12,16H,21H2,1-2H3. The largest absolute Gasteiger partial charge is 0.467 e. The average Bonchev–Trinajstić information content (AvgIpc) is 2.54. The van der Waals surface area contributed by atoms with Crippen LogP contribution in [-0.4, -0.2) is 56.7 Å². The van der Waals surface area contributed by atoms with Crippen LogP contribution in [0.4, 0.5) is 0 Å². The molecule has 0 aromatic heterocycles.